The summed E-state index contributed by atoms with van der Waals surface area (Å²) < 4.78 is 28.6. The van der Waals surface area contributed by atoms with Crippen molar-refractivity contribution in [3.63, 3.8) is 0 Å². The number of aliphatic imine (C=N–C) groups is 1. The minimum absolute atomic E-state index is 0.101. The number of nitrogens with one attached hydrogen (secondary N) is 1. The van der Waals surface area contributed by atoms with E-state index in [-0.39, 0.29) is 16.1 Å². The van der Waals surface area contributed by atoms with E-state index in [1.165, 1.54) is 12.1 Å². The van der Waals surface area contributed by atoms with Crippen LogP contribution in [0.25, 0.3) is 0 Å². The lowest BCUT2D eigenvalue weighted by molar-refractivity contribution is -0.212. The van der Waals surface area contributed by atoms with Crippen molar-refractivity contribution in [1.82, 2.24) is 0 Å². The molecule has 0 aliphatic carbocycles. The highest BCUT2D eigenvalue weighted by Crippen LogP contribution is 2.24. The third kappa shape index (κ3) is 4.61. The Hall–Kier alpha value is -2.64. The number of hydrogen-bond donors (Lipinski definition) is 1. The molecule has 0 bridgehead atoms. The molecule has 0 aliphatic rings. The van der Waals surface area contributed by atoms with Crippen molar-refractivity contribution in [2.75, 3.05) is 4.72 Å². The van der Waals surface area contributed by atoms with Crippen LogP contribution in [0.3, 0.4) is 0 Å². The van der Waals surface area contributed by atoms with Crippen molar-refractivity contribution >= 4 is 43.2 Å². The second kappa shape index (κ2) is 8.16. The molecule has 3 aromatic carbocycles. The van der Waals surface area contributed by atoms with Gasteiger partial charge >= 0.3 is 0 Å². The van der Waals surface area contributed by atoms with E-state index in [2.05, 4.69) is 25.6 Å². The lowest BCUT2D eigenvalue weighted by atomic mass is 10.1. The maximum absolute atomic E-state index is 12.7. The van der Waals surface area contributed by atoms with E-state index in [1.807, 2.05) is 26.0 Å². The molecule has 0 unspecified atom stereocenters. The van der Waals surface area contributed by atoms with Crippen molar-refractivity contribution in [3.8, 4) is 0 Å². The molecule has 0 amide bonds. The SMILES string of the molecule is Cc1ccc(N=C([O-])c2ccccc2NS(=O)(=O)c2ccc(Br)cc2)c(C)c1. The summed E-state index contributed by atoms with van der Waals surface area (Å²) in [5, 5.41) is 12.7. The topological polar surface area (TPSA) is 81.6 Å². The predicted molar refractivity (Wildman–Crippen MR) is 114 cm³/mol. The highest BCUT2D eigenvalue weighted by Gasteiger charge is 2.16. The van der Waals surface area contributed by atoms with E-state index >= 15 is 0 Å². The Balaban J connectivity index is 1.97. The molecule has 3 rings (SSSR count). The van der Waals surface area contributed by atoms with Crippen molar-refractivity contribution < 1.29 is 13.5 Å². The summed E-state index contributed by atoms with van der Waals surface area (Å²) >= 11 is 3.28. The van der Waals surface area contributed by atoms with Crippen molar-refractivity contribution in [1.29, 1.82) is 0 Å². The molecular formula is C21H18BrN2O3S-. The lowest BCUT2D eigenvalue weighted by Crippen LogP contribution is -2.22. The van der Waals surface area contributed by atoms with E-state index in [0.29, 0.717) is 5.69 Å². The van der Waals surface area contributed by atoms with Gasteiger partial charge in [-0.15, -0.1) is 0 Å². The van der Waals surface area contributed by atoms with E-state index in [4.69, 9.17) is 0 Å². The van der Waals surface area contributed by atoms with Crippen LogP contribution in [0.15, 0.2) is 81.1 Å². The molecular weight excluding hydrogens is 440 g/mol. The fraction of sp³-hybridized carbons (Fsp3) is 0.0952. The first kappa shape index (κ1) is 20.1. The van der Waals surface area contributed by atoms with Crippen LogP contribution in [-0.4, -0.2) is 14.3 Å². The van der Waals surface area contributed by atoms with Gasteiger partial charge in [0.25, 0.3) is 10.0 Å². The number of nitrogens with zero attached hydrogens (tertiary/aromatic N) is 1. The molecule has 0 saturated carbocycles. The molecule has 0 spiro atoms. The Morgan fingerprint density at radius 3 is 2.36 bits per heavy atom. The number of aryl methyl sites for hydroxylation is 2. The van der Waals surface area contributed by atoms with Gasteiger partial charge < -0.3 is 5.11 Å². The maximum Gasteiger partial charge on any atom is 0.261 e. The molecule has 1 N–H and O–H groups in total. The second-order valence-corrected chi connectivity index (χ2v) is 8.91. The first-order valence-electron chi connectivity index (χ1n) is 8.47. The summed E-state index contributed by atoms with van der Waals surface area (Å²) in [6.45, 7) is 3.84. The van der Waals surface area contributed by atoms with Crippen LogP contribution in [0, 0.1) is 13.8 Å². The van der Waals surface area contributed by atoms with E-state index in [0.717, 1.165) is 15.6 Å². The summed E-state index contributed by atoms with van der Waals surface area (Å²) in [6.07, 6.45) is 0. The number of hydrogen-bond acceptors (Lipinski definition) is 4. The Bertz CT molecular complexity index is 1140. The zero-order chi connectivity index (χ0) is 20.3. The number of halogens is 1. The average Bonchev–Trinajstić information content (AvgIpc) is 2.64. The second-order valence-electron chi connectivity index (χ2n) is 6.31. The molecule has 28 heavy (non-hydrogen) atoms. The Kier molecular flexibility index (Phi) is 5.86. The zero-order valence-electron chi connectivity index (χ0n) is 15.3. The van der Waals surface area contributed by atoms with Gasteiger partial charge in [0.15, 0.2) is 0 Å². The Morgan fingerprint density at radius 1 is 1.00 bits per heavy atom. The van der Waals surface area contributed by atoms with Crippen LogP contribution in [0.5, 0.6) is 0 Å². The van der Waals surface area contributed by atoms with Gasteiger partial charge in [-0.2, -0.15) is 0 Å². The number of sulfonamides is 1. The minimum atomic E-state index is -3.84. The van der Waals surface area contributed by atoms with Gasteiger partial charge in [-0.05, 0) is 61.7 Å². The van der Waals surface area contributed by atoms with Gasteiger partial charge in [0.1, 0.15) is 0 Å². The van der Waals surface area contributed by atoms with Gasteiger partial charge in [0, 0.05) is 10.0 Å². The first-order chi connectivity index (χ1) is 13.3. The fourth-order valence-corrected chi connectivity index (χ4v) is 4.02. The van der Waals surface area contributed by atoms with Crippen LogP contribution in [0.2, 0.25) is 0 Å². The summed E-state index contributed by atoms with van der Waals surface area (Å²) in [7, 11) is -3.84. The van der Waals surface area contributed by atoms with Gasteiger partial charge in [-0.1, -0.05) is 51.8 Å². The first-order valence-corrected chi connectivity index (χ1v) is 10.7. The Labute approximate surface area is 173 Å². The maximum atomic E-state index is 12.7. The minimum Gasteiger partial charge on any atom is -0.858 e. The van der Waals surface area contributed by atoms with Crippen LogP contribution < -0.4 is 9.83 Å². The van der Waals surface area contributed by atoms with Gasteiger partial charge in [0.2, 0.25) is 0 Å². The third-order valence-corrected chi connectivity index (χ3v) is 6.01. The van der Waals surface area contributed by atoms with E-state index < -0.39 is 15.9 Å². The normalized spacial score (nSPS) is 12.0. The molecule has 0 aromatic heterocycles. The molecule has 0 atom stereocenters. The molecule has 0 radical (unpaired) electrons. The van der Waals surface area contributed by atoms with E-state index in [1.54, 1.807) is 42.5 Å². The monoisotopic (exact) mass is 457 g/mol. The lowest BCUT2D eigenvalue weighted by Gasteiger charge is -2.17. The number of benzene rings is 3. The fourth-order valence-electron chi connectivity index (χ4n) is 2.68. The van der Waals surface area contributed by atoms with Crippen LogP contribution >= 0.6 is 15.9 Å². The van der Waals surface area contributed by atoms with Crippen molar-refractivity contribution in [3.05, 3.63) is 87.9 Å². The molecule has 5 nitrogen and oxygen atoms in total. The molecule has 0 fully saturated rings. The highest BCUT2D eigenvalue weighted by atomic mass is 79.9. The van der Waals surface area contributed by atoms with Gasteiger partial charge in [-0.3, -0.25) is 9.71 Å². The van der Waals surface area contributed by atoms with Crippen molar-refractivity contribution in [2.24, 2.45) is 4.99 Å². The number of para-hydroxylation sites is 1. The van der Waals surface area contributed by atoms with E-state index in [9.17, 15) is 13.5 Å². The smallest absolute Gasteiger partial charge is 0.261 e. The van der Waals surface area contributed by atoms with Crippen LogP contribution in [-0.2, 0) is 10.0 Å². The van der Waals surface area contributed by atoms with Gasteiger partial charge in [-0.25, -0.2) is 8.42 Å². The molecule has 3 aromatic rings. The van der Waals surface area contributed by atoms with Crippen LogP contribution in [0.1, 0.15) is 16.7 Å². The van der Waals surface area contributed by atoms with Gasteiger partial charge in [0.05, 0.1) is 16.3 Å². The average molecular weight is 458 g/mol. The standard InChI is InChI=1S/C21H19BrN2O3S/c1-14-7-12-19(15(2)13-14)23-21(25)18-5-3-4-6-20(18)24-28(26,27)17-10-8-16(22)9-11-17/h3-13,24H,1-2H3,(H,23,25)/p-1. The summed E-state index contributed by atoms with van der Waals surface area (Å²) in [5.41, 5.74) is 2.88. The molecule has 0 aliphatic heterocycles. The summed E-state index contributed by atoms with van der Waals surface area (Å²) in [6, 6.07) is 18.3. The Morgan fingerprint density at radius 2 is 1.68 bits per heavy atom. The van der Waals surface area contributed by atoms with Crippen molar-refractivity contribution in [2.45, 2.75) is 18.7 Å². The molecule has 144 valence electrons. The molecule has 7 heteroatoms. The molecule has 0 heterocycles. The number of rotatable bonds is 5. The summed E-state index contributed by atoms with van der Waals surface area (Å²) in [5.74, 6) is -0.513. The summed E-state index contributed by atoms with van der Waals surface area (Å²) in [4.78, 5) is 4.27. The molecule has 0 saturated heterocycles. The predicted octanol–water partition coefficient (Wildman–Crippen LogP) is 4.31. The largest absolute Gasteiger partial charge is 0.858 e. The quantitative estimate of drug-likeness (QED) is 0.457. The zero-order valence-corrected chi connectivity index (χ0v) is 17.7. The van der Waals surface area contributed by atoms with Crippen LogP contribution in [0.4, 0.5) is 11.4 Å². The third-order valence-electron chi connectivity index (χ3n) is 4.10. The number of anilines is 1. The highest BCUT2D eigenvalue weighted by molar-refractivity contribution is 9.10.